The Morgan fingerprint density at radius 2 is 1.91 bits per heavy atom. The van der Waals surface area contributed by atoms with Crippen LogP contribution in [0.1, 0.15) is 25.9 Å². The molecule has 0 N–H and O–H groups in total. The second kappa shape index (κ2) is 7.53. The Kier molecular flexibility index (Phi) is 5.20. The van der Waals surface area contributed by atoms with Gasteiger partial charge in [-0.25, -0.2) is 4.68 Å². The van der Waals surface area contributed by atoms with Crippen molar-refractivity contribution in [2.75, 3.05) is 26.3 Å². The Morgan fingerprint density at radius 3 is 2.61 bits per heavy atom. The molecule has 2 heterocycles. The molecule has 5 nitrogen and oxygen atoms in total. The first kappa shape index (κ1) is 15.9. The first-order valence-electron chi connectivity index (χ1n) is 8.26. The minimum absolute atomic E-state index is 0.0000576. The molecule has 0 radical (unpaired) electrons. The average Bonchev–Trinajstić information content (AvgIpc) is 2.62. The van der Waals surface area contributed by atoms with Crippen molar-refractivity contribution >= 4 is 0 Å². The Labute approximate surface area is 136 Å². The van der Waals surface area contributed by atoms with Gasteiger partial charge in [-0.15, -0.1) is 0 Å². The van der Waals surface area contributed by atoms with Gasteiger partial charge < -0.3 is 4.74 Å². The molecule has 1 unspecified atom stereocenters. The summed E-state index contributed by atoms with van der Waals surface area (Å²) >= 11 is 0. The Balaban J connectivity index is 1.98. The highest BCUT2D eigenvalue weighted by Crippen LogP contribution is 2.20. The van der Waals surface area contributed by atoms with Crippen molar-refractivity contribution in [2.45, 2.75) is 25.9 Å². The number of hydrogen-bond donors (Lipinski definition) is 0. The van der Waals surface area contributed by atoms with Gasteiger partial charge in [-0.2, -0.15) is 5.10 Å². The summed E-state index contributed by atoms with van der Waals surface area (Å²) in [5.41, 5.74) is 1.62. The third-order valence-corrected chi connectivity index (χ3v) is 4.25. The number of aromatic nitrogens is 2. The van der Waals surface area contributed by atoms with Gasteiger partial charge >= 0.3 is 0 Å². The molecular formula is C18H23N3O2. The summed E-state index contributed by atoms with van der Waals surface area (Å²) in [7, 11) is 0. The fraction of sp³-hybridized carbons (Fsp3) is 0.444. The van der Waals surface area contributed by atoms with Crippen LogP contribution in [0.2, 0.25) is 0 Å². The summed E-state index contributed by atoms with van der Waals surface area (Å²) in [6, 6.07) is 11.6. The lowest BCUT2D eigenvalue weighted by Crippen LogP contribution is -2.45. The van der Waals surface area contributed by atoms with Gasteiger partial charge in [0.2, 0.25) is 0 Å². The van der Waals surface area contributed by atoms with Crippen molar-refractivity contribution in [1.29, 1.82) is 0 Å². The molecule has 5 heteroatoms. The number of rotatable bonds is 5. The maximum atomic E-state index is 13.0. The third-order valence-electron chi connectivity index (χ3n) is 4.25. The Bertz CT molecular complexity index is 678. The van der Waals surface area contributed by atoms with E-state index in [1.54, 1.807) is 16.9 Å². The Hall–Kier alpha value is -1.98. The lowest BCUT2D eigenvalue weighted by Gasteiger charge is -2.34. The van der Waals surface area contributed by atoms with Gasteiger partial charge in [0.25, 0.3) is 5.56 Å². The quantitative estimate of drug-likeness (QED) is 0.851. The zero-order chi connectivity index (χ0) is 16.1. The molecule has 1 fully saturated rings. The zero-order valence-corrected chi connectivity index (χ0v) is 13.5. The van der Waals surface area contributed by atoms with Crippen molar-refractivity contribution < 1.29 is 4.74 Å². The smallest absolute Gasteiger partial charge is 0.276 e. The Morgan fingerprint density at radius 1 is 1.17 bits per heavy atom. The lowest BCUT2D eigenvalue weighted by atomic mass is 10.1. The zero-order valence-electron chi connectivity index (χ0n) is 13.5. The van der Waals surface area contributed by atoms with E-state index in [1.807, 2.05) is 30.3 Å². The van der Waals surface area contributed by atoms with Crippen molar-refractivity contribution in [1.82, 2.24) is 14.7 Å². The summed E-state index contributed by atoms with van der Waals surface area (Å²) in [6.45, 7) is 5.25. The summed E-state index contributed by atoms with van der Waals surface area (Å²) in [4.78, 5) is 15.3. The van der Waals surface area contributed by atoms with E-state index in [0.717, 1.165) is 31.5 Å². The van der Waals surface area contributed by atoms with Gasteiger partial charge in [-0.1, -0.05) is 43.7 Å². The highest BCUT2D eigenvalue weighted by atomic mass is 16.5. The molecule has 1 aromatic heterocycles. The van der Waals surface area contributed by atoms with Crippen LogP contribution in [0.5, 0.6) is 0 Å². The van der Waals surface area contributed by atoms with Crippen LogP contribution in [0.3, 0.4) is 0 Å². The van der Waals surface area contributed by atoms with E-state index in [1.165, 1.54) is 0 Å². The van der Waals surface area contributed by atoms with Crippen LogP contribution in [0, 0.1) is 0 Å². The first-order chi connectivity index (χ1) is 11.3. The number of morpholine rings is 1. The van der Waals surface area contributed by atoms with E-state index >= 15 is 0 Å². The van der Waals surface area contributed by atoms with Crippen LogP contribution in [-0.2, 0) is 4.74 Å². The molecule has 1 aromatic carbocycles. The van der Waals surface area contributed by atoms with Crippen LogP contribution < -0.4 is 5.56 Å². The maximum Gasteiger partial charge on any atom is 0.276 e. The first-order valence-corrected chi connectivity index (χ1v) is 8.26. The number of ether oxygens (including phenoxy) is 1. The molecule has 0 bridgehead atoms. The standard InChI is InChI=1S/C18H23N3O2/c1-2-6-17(20-11-13-23-14-12-20)21-18(22)16(9-10-19-21)15-7-4-3-5-8-15/h3-5,7-10,17H,2,6,11-14H2,1H3. The molecule has 0 amide bonds. The molecule has 0 saturated carbocycles. The third kappa shape index (κ3) is 3.51. The van der Waals surface area contributed by atoms with Gasteiger partial charge in [0.05, 0.1) is 18.8 Å². The second-order valence-electron chi connectivity index (χ2n) is 5.78. The van der Waals surface area contributed by atoms with Crippen LogP contribution in [-0.4, -0.2) is 41.0 Å². The molecule has 1 aliphatic rings. The summed E-state index contributed by atoms with van der Waals surface area (Å²) in [6.07, 6.45) is 3.64. The normalized spacial score (nSPS) is 17.1. The van der Waals surface area contributed by atoms with E-state index in [4.69, 9.17) is 4.74 Å². The monoisotopic (exact) mass is 313 g/mol. The average molecular weight is 313 g/mol. The van der Waals surface area contributed by atoms with E-state index in [9.17, 15) is 4.79 Å². The molecule has 0 spiro atoms. The fourth-order valence-corrected chi connectivity index (χ4v) is 3.07. The number of benzene rings is 1. The molecule has 3 rings (SSSR count). The van der Waals surface area contributed by atoms with Gasteiger partial charge in [0.15, 0.2) is 0 Å². The van der Waals surface area contributed by atoms with Crippen LogP contribution >= 0.6 is 0 Å². The molecule has 23 heavy (non-hydrogen) atoms. The SMILES string of the molecule is CCCC(N1CCOCC1)n1nccc(-c2ccccc2)c1=O. The van der Waals surface area contributed by atoms with Gasteiger partial charge in [0.1, 0.15) is 6.17 Å². The predicted molar refractivity (Wildman–Crippen MR) is 90.3 cm³/mol. The van der Waals surface area contributed by atoms with E-state index < -0.39 is 0 Å². The summed E-state index contributed by atoms with van der Waals surface area (Å²) in [5, 5.41) is 4.38. The molecule has 1 atom stereocenters. The molecule has 122 valence electrons. The number of hydrogen-bond acceptors (Lipinski definition) is 4. The summed E-state index contributed by atoms with van der Waals surface area (Å²) < 4.78 is 7.09. The van der Waals surface area contributed by atoms with E-state index in [0.29, 0.717) is 18.8 Å². The van der Waals surface area contributed by atoms with Crippen LogP contribution in [0.4, 0.5) is 0 Å². The van der Waals surface area contributed by atoms with Gasteiger partial charge in [-0.3, -0.25) is 9.69 Å². The molecule has 1 aliphatic heterocycles. The van der Waals surface area contributed by atoms with Crippen LogP contribution in [0.25, 0.3) is 11.1 Å². The molecule has 2 aromatic rings. The molecule has 0 aliphatic carbocycles. The van der Waals surface area contributed by atoms with Crippen molar-refractivity contribution in [3.8, 4) is 11.1 Å². The van der Waals surface area contributed by atoms with E-state index in [2.05, 4.69) is 16.9 Å². The number of nitrogens with zero attached hydrogens (tertiary/aromatic N) is 3. The van der Waals surface area contributed by atoms with Crippen LogP contribution in [0.15, 0.2) is 47.4 Å². The van der Waals surface area contributed by atoms with Gasteiger partial charge in [0, 0.05) is 19.3 Å². The highest BCUT2D eigenvalue weighted by molar-refractivity contribution is 5.61. The fourth-order valence-electron chi connectivity index (χ4n) is 3.07. The largest absolute Gasteiger partial charge is 0.379 e. The van der Waals surface area contributed by atoms with E-state index in [-0.39, 0.29) is 11.7 Å². The molecular weight excluding hydrogens is 290 g/mol. The minimum Gasteiger partial charge on any atom is -0.379 e. The minimum atomic E-state index is -0.0244. The predicted octanol–water partition coefficient (Wildman–Crippen LogP) is 2.54. The highest BCUT2D eigenvalue weighted by Gasteiger charge is 2.24. The molecule has 1 saturated heterocycles. The maximum absolute atomic E-state index is 13.0. The van der Waals surface area contributed by atoms with Gasteiger partial charge in [-0.05, 0) is 18.1 Å². The van der Waals surface area contributed by atoms with Crippen molar-refractivity contribution in [3.63, 3.8) is 0 Å². The second-order valence-corrected chi connectivity index (χ2v) is 5.78. The lowest BCUT2D eigenvalue weighted by molar-refractivity contribution is -0.00926. The van der Waals surface area contributed by atoms with Crippen molar-refractivity contribution in [3.05, 3.63) is 52.9 Å². The van der Waals surface area contributed by atoms with Crippen molar-refractivity contribution in [2.24, 2.45) is 0 Å². The summed E-state index contributed by atoms with van der Waals surface area (Å²) in [5.74, 6) is 0. The topological polar surface area (TPSA) is 47.4 Å².